The molecule has 1 atom stereocenters. The van der Waals surface area contributed by atoms with Gasteiger partial charge >= 0.3 is 6.18 Å². The second kappa shape index (κ2) is 6.31. The molecule has 2 heterocycles. The predicted molar refractivity (Wildman–Crippen MR) is 70.6 cm³/mol. The smallest absolute Gasteiger partial charge is 0.381 e. The first-order valence-electron chi connectivity index (χ1n) is 6.74. The first-order valence-corrected chi connectivity index (χ1v) is 6.74. The highest BCUT2D eigenvalue weighted by atomic mass is 19.4. The topological polar surface area (TPSA) is 57.9 Å². The summed E-state index contributed by atoms with van der Waals surface area (Å²) in [6.07, 6.45) is -2.84. The summed E-state index contributed by atoms with van der Waals surface area (Å²) in [5.41, 5.74) is -0.884. The molecule has 1 aliphatic rings. The summed E-state index contributed by atoms with van der Waals surface area (Å²) in [5, 5.41) is 12.0. The lowest BCUT2D eigenvalue weighted by Crippen LogP contribution is -2.31. The van der Waals surface area contributed by atoms with Crippen LogP contribution < -0.4 is 5.32 Å². The van der Waals surface area contributed by atoms with Crippen molar-refractivity contribution in [3.63, 3.8) is 0 Å². The second-order valence-electron chi connectivity index (χ2n) is 5.09. The number of pyridine rings is 1. The van der Waals surface area contributed by atoms with Gasteiger partial charge in [-0.3, -0.25) is 0 Å². The summed E-state index contributed by atoms with van der Waals surface area (Å²) < 4.78 is 43.4. The summed E-state index contributed by atoms with van der Waals surface area (Å²) in [6.45, 7) is 3.19. The maximum absolute atomic E-state index is 12.7. The van der Waals surface area contributed by atoms with Gasteiger partial charge in [0.05, 0.1) is 5.56 Å². The van der Waals surface area contributed by atoms with Crippen LogP contribution in [0.15, 0.2) is 12.1 Å². The van der Waals surface area contributed by atoms with E-state index in [1.54, 1.807) is 0 Å². The van der Waals surface area contributed by atoms with Crippen molar-refractivity contribution in [2.75, 3.05) is 18.5 Å². The zero-order valence-electron chi connectivity index (χ0n) is 11.6. The van der Waals surface area contributed by atoms with Crippen LogP contribution >= 0.6 is 0 Å². The number of ether oxygens (including phenoxy) is 1. The maximum atomic E-state index is 12.7. The number of hydrogen-bond donors (Lipinski definition) is 1. The molecule has 1 saturated heterocycles. The molecule has 0 spiro atoms. The van der Waals surface area contributed by atoms with Gasteiger partial charge in [-0.1, -0.05) is 0 Å². The van der Waals surface area contributed by atoms with E-state index >= 15 is 0 Å². The van der Waals surface area contributed by atoms with Gasteiger partial charge in [0.25, 0.3) is 0 Å². The van der Waals surface area contributed by atoms with Crippen LogP contribution in [0.5, 0.6) is 0 Å². The molecular formula is C14H16F3N3O. The summed E-state index contributed by atoms with van der Waals surface area (Å²) in [6, 6.07) is 3.76. The number of alkyl halides is 3. The van der Waals surface area contributed by atoms with Gasteiger partial charge < -0.3 is 10.1 Å². The van der Waals surface area contributed by atoms with Crippen LogP contribution in [0, 0.1) is 17.2 Å². The molecule has 1 fully saturated rings. The molecule has 1 aliphatic heterocycles. The average molecular weight is 299 g/mol. The van der Waals surface area contributed by atoms with Gasteiger partial charge in [-0.2, -0.15) is 18.4 Å². The van der Waals surface area contributed by atoms with E-state index in [0.29, 0.717) is 19.1 Å². The first kappa shape index (κ1) is 15.6. The van der Waals surface area contributed by atoms with Crippen LogP contribution in [-0.2, 0) is 10.9 Å². The maximum Gasteiger partial charge on any atom is 0.433 e. The van der Waals surface area contributed by atoms with Gasteiger partial charge in [0.15, 0.2) is 0 Å². The molecule has 114 valence electrons. The lowest BCUT2D eigenvalue weighted by Gasteiger charge is -2.29. The van der Waals surface area contributed by atoms with Crippen molar-refractivity contribution >= 4 is 5.82 Å². The number of nitriles is 1. The van der Waals surface area contributed by atoms with E-state index in [1.165, 1.54) is 0 Å². The third-order valence-corrected chi connectivity index (χ3v) is 3.64. The fourth-order valence-electron chi connectivity index (χ4n) is 2.37. The highest BCUT2D eigenvalue weighted by Crippen LogP contribution is 2.30. The van der Waals surface area contributed by atoms with Gasteiger partial charge in [0.2, 0.25) is 0 Å². The minimum absolute atomic E-state index is 0.00804. The number of nitrogens with zero attached hydrogens (tertiary/aromatic N) is 2. The molecule has 0 aliphatic carbocycles. The van der Waals surface area contributed by atoms with E-state index in [4.69, 9.17) is 10.00 Å². The van der Waals surface area contributed by atoms with Crippen LogP contribution in [0.1, 0.15) is 31.0 Å². The van der Waals surface area contributed by atoms with Crippen LogP contribution in [-0.4, -0.2) is 24.2 Å². The van der Waals surface area contributed by atoms with Crippen LogP contribution in [0.4, 0.5) is 19.0 Å². The molecular weight excluding hydrogens is 283 g/mol. The highest BCUT2D eigenvalue weighted by Gasteiger charge is 2.33. The van der Waals surface area contributed by atoms with Crippen molar-refractivity contribution in [1.29, 1.82) is 5.26 Å². The Kier molecular flexibility index (Phi) is 4.68. The Bertz CT molecular complexity index is 533. The predicted octanol–water partition coefficient (Wildman–Crippen LogP) is 3.20. The Balaban J connectivity index is 2.19. The largest absolute Gasteiger partial charge is 0.433 e. The molecule has 1 N–H and O–H groups in total. The SMILES string of the molecule is CC(Nc1nc(C(F)(F)F)ccc1C#N)C1CCOCC1. The fraction of sp³-hybridized carbons (Fsp3) is 0.571. The molecule has 7 heteroatoms. The zero-order valence-corrected chi connectivity index (χ0v) is 11.6. The Morgan fingerprint density at radius 2 is 2.05 bits per heavy atom. The minimum Gasteiger partial charge on any atom is -0.381 e. The van der Waals surface area contributed by atoms with Crippen LogP contribution in [0.25, 0.3) is 0 Å². The number of rotatable bonds is 3. The standard InChI is InChI=1S/C14H16F3N3O/c1-9(10-4-6-21-7-5-10)19-13-11(8-18)2-3-12(20-13)14(15,16)17/h2-3,9-10H,4-7H2,1H3,(H,19,20). The molecule has 1 aromatic rings. The van der Waals surface area contributed by atoms with Crippen molar-refractivity contribution in [1.82, 2.24) is 4.98 Å². The van der Waals surface area contributed by atoms with E-state index in [-0.39, 0.29) is 17.4 Å². The van der Waals surface area contributed by atoms with Crippen LogP contribution in [0.3, 0.4) is 0 Å². The third kappa shape index (κ3) is 3.85. The summed E-state index contributed by atoms with van der Waals surface area (Å²) in [5.74, 6) is 0.285. The molecule has 0 aromatic carbocycles. The normalized spacial score (nSPS) is 18.0. The van der Waals surface area contributed by atoms with E-state index in [9.17, 15) is 13.2 Å². The summed E-state index contributed by atoms with van der Waals surface area (Å²) in [4.78, 5) is 3.56. The minimum atomic E-state index is -4.52. The van der Waals surface area contributed by atoms with Crippen molar-refractivity contribution in [3.8, 4) is 6.07 Å². The van der Waals surface area contributed by atoms with Gasteiger partial charge in [-0.25, -0.2) is 4.98 Å². The van der Waals surface area contributed by atoms with E-state index in [0.717, 1.165) is 25.0 Å². The fourth-order valence-corrected chi connectivity index (χ4v) is 2.37. The number of hydrogen-bond acceptors (Lipinski definition) is 4. The van der Waals surface area contributed by atoms with Crippen molar-refractivity contribution in [2.45, 2.75) is 32.0 Å². The molecule has 0 amide bonds. The van der Waals surface area contributed by atoms with E-state index < -0.39 is 11.9 Å². The summed E-state index contributed by atoms with van der Waals surface area (Å²) in [7, 11) is 0. The van der Waals surface area contributed by atoms with Gasteiger partial charge in [0, 0.05) is 19.3 Å². The Labute approximate surface area is 120 Å². The Morgan fingerprint density at radius 3 is 2.62 bits per heavy atom. The quantitative estimate of drug-likeness (QED) is 0.931. The number of aromatic nitrogens is 1. The highest BCUT2D eigenvalue weighted by molar-refractivity contribution is 5.53. The molecule has 0 bridgehead atoms. The molecule has 0 radical (unpaired) electrons. The monoisotopic (exact) mass is 299 g/mol. The number of nitrogens with one attached hydrogen (secondary N) is 1. The van der Waals surface area contributed by atoms with E-state index in [2.05, 4.69) is 10.3 Å². The van der Waals surface area contributed by atoms with Crippen molar-refractivity contribution < 1.29 is 17.9 Å². The van der Waals surface area contributed by atoms with Crippen LogP contribution in [0.2, 0.25) is 0 Å². The van der Waals surface area contributed by atoms with Gasteiger partial charge in [0.1, 0.15) is 17.6 Å². The first-order chi connectivity index (χ1) is 9.91. The molecule has 0 saturated carbocycles. The second-order valence-corrected chi connectivity index (χ2v) is 5.09. The Morgan fingerprint density at radius 1 is 1.38 bits per heavy atom. The van der Waals surface area contributed by atoms with E-state index in [1.807, 2.05) is 13.0 Å². The number of anilines is 1. The zero-order chi connectivity index (χ0) is 15.5. The molecule has 21 heavy (non-hydrogen) atoms. The number of halogens is 3. The molecule has 1 unspecified atom stereocenters. The average Bonchev–Trinajstić information content (AvgIpc) is 2.47. The van der Waals surface area contributed by atoms with Crippen molar-refractivity contribution in [2.24, 2.45) is 5.92 Å². The lowest BCUT2D eigenvalue weighted by atomic mass is 9.93. The molecule has 4 nitrogen and oxygen atoms in total. The summed E-state index contributed by atoms with van der Waals surface area (Å²) >= 11 is 0. The molecule has 1 aromatic heterocycles. The molecule has 2 rings (SSSR count). The third-order valence-electron chi connectivity index (χ3n) is 3.64. The van der Waals surface area contributed by atoms with Gasteiger partial charge in [-0.05, 0) is 37.8 Å². The Hall–Kier alpha value is -1.81. The van der Waals surface area contributed by atoms with Gasteiger partial charge in [-0.15, -0.1) is 0 Å². The lowest BCUT2D eigenvalue weighted by molar-refractivity contribution is -0.141. The van der Waals surface area contributed by atoms with Crippen molar-refractivity contribution in [3.05, 3.63) is 23.4 Å².